The van der Waals surface area contributed by atoms with Gasteiger partial charge >= 0.3 is 0 Å². The monoisotopic (exact) mass is 246 g/mol. The molecular weight excluding hydrogens is 220 g/mol. The molecule has 0 aromatic heterocycles. The lowest BCUT2D eigenvalue weighted by Gasteiger charge is -2.36. The molecule has 0 bridgehead atoms. The summed E-state index contributed by atoms with van der Waals surface area (Å²) in [6.07, 6.45) is 3.69. The molecule has 16 heavy (non-hydrogen) atoms. The number of hydrogen-bond donors (Lipinski definition) is 1. The normalized spacial score (nSPS) is 13.6. The van der Waals surface area contributed by atoms with Crippen molar-refractivity contribution in [2.75, 3.05) is 25.6 Å². The molecule has 0 aliphatic carbocycles. The standard InChI is InChI=1S/C12H26N2OS/c1-6-12(7-2,9-13)11(15)14(4)10(3)8-16-5/h10H,6-9,13H2,1-5H3. The van der Waals surface area contributed by atoms with E-state index < -0.39 is 0 Å². The Bertz CT molecular complexity index is 209. The molecule has 1 amide bonds. The Morgan fingerprint density at radius 2 is 1.94 bits per heavy atom. The van der Waals surface area contributed by atoms with Gasteiger partial charge in [-0.3, -0.25) is 4.79 Å². The summed E-state index contributed by atoms with van der Waals surface area (Å²) in [7, 11) is 1.89. The molecule has 0 heterocycles. The van der Waals surface area contributed by atoms with Gasteiger partial charge in [0.1, 0.15) is 0 Å². The molecule has 1 atom stereocenters. The highest BCUT2D eigenvalue weighted by Crippen LogP contribution is 2.28. The minimum absolute atomic E-state index is 0.196. The summed E-state index contributed by atoms with van der Waals surface area (Å²) in [6.45, 7) is 6.61. The number of carbonyl (C=O) groups excluding carboxylic acids is 1. The lowest BCUT2D eigenvalue weighted by Crippen LogP contribution is -2.49. The SMILES string of the molecule is CCC(CC)(CN)C(=O)N(C)C(C)CSC. The van der Waals surface area contributed by atoms with Crippen LogP contribution >= 0.6 is 11.8 Å². The maximum Gasteiger partial charge on any atom is 0.230 e. The van der Waals surface area contributed by atoms with Crippen LogP contribution in [0.1, 0.15) is 33.6 Å². The Morgan fingerprint density at radius 3 is 2.25 bits per heavy atom. The van der Waals surface area contributed by atoms with Crippen molar-refractivity contribution in [2.24, 2.45) is 11.1 Å². The summed E-state index contributed by atoms with van der Waals surface area (Å²) in [5.74, 6) is 1.16. The molecule has 4 heteroatoms. The maximum atomic E-state index is 12.4. The molecule has 0 saturated heterocycles. The lowest BCUT2D eigenvalue weighted by molar-refractivity contribution is -0.142. The summed E-state index contributed by atoms with van der Waals surface area (Å²) in [5, 5.41) is 0. The highest BCUT2D eigenvalue weighted by Gasteiger charge is 2.36. The van der Waals surface area contributed by atoms with Gasteiger partial charge in [0.15, 0.2) is 0 Å². The fraction of sp³-hybridized carbons (Fsp3) is 0.917. The second-order valence-electron chi connectivity index (χ2n) is 4.41. The van der Waals surface area contributed by atoms with Crippen LogP contribution < -0.4 is 5.73 Å². The lowest BCUT2D eigenvalue weighted by atomic mass is 9.81. The smallest absolute Gasteiger partial charge is 0.230 e. The van der Waals surface area contributed by atoms with Gasteiger partial charge in [0.05, 0.1) is 5.41 Å². The molecule has 0 saturated carbocycles. The van der Waals surface area contributed by atoms with E-state index in [1.54, 1.807) is 11.8 Å². The molecule has 96 valence electrons. The Kier molecular flexibility index (Phi) is 7.07. The zero-order chi connectivity index (χ0) is 12.8. The van der Waals surface area contributed by atoms with Crippen molar-refractivity contribution in [1.82, 2.24) is 4.90 Å². The molecule has 0 radical (unpaired) electrons. The van der Waals surface area contributed by atoms with Crippen LogP contribution in [-0.4, -0.2) is 42.4 Å². The topological polar surface area (TPSA) is 46.3 Å². The van der Waals surface area contributed by atoms with Crippen LogP contribution in [0.15, 0.2) is 0 Å². The highest BCUT2D eigenvalue weighted by molar-refractivity contribution is 7.98. The van der Waals surface area contributed by atoms with E-state index in [0.717, 1.165) is 18.6 Å². The zero-order valence-electron chi connectivity index (χ0n) is 11.2. The molecule has 0 aromatic rings. The van der Waals surface area contributed by atoms with Crippen molar-refractivity contribution in [2.45, 2.75) is 39.7 Å². The zero-order valence-corrected chi connectivity index (χ0v) is 12.1. The molecule has 1 unspecified atom stereocenters. The van der Waals surface area contributed by atoms with E-state index in [-0.39, 0.29) is 17.4 Å². The summed E-state index contributed by atoms with van der Waals surface area (Å²) in [6, 6.07) is 0.270. The van der Waals surface area contributed by atoms with Gasteiger partial charge in [-0.05, 0) is 26.0 Å². The van der Waals surface area contributed by atoms with E-state index in [4.69, 9.17) is 5.73 Å². The van der Waals surface area contributed by atoms with Crippen molar-refractivity contribution in [1.29, 1.82) is 0 Å². The van der Waals surface area contributed by atoms with Gasteiger partial charge in [0.25, 0.3) is 0 Å². The van der Waals surface area contributed by atoms with E-state index in [1.165, 1.54) is 0 Å². The molecule has 0 aliphatic heterocycles. The number of nitrogens with zero attached hydrogens (tertiary/aromatic N) is 1. The summed E-state index contributed by atoms with van der Waals surface area (Å²) < 4.78 is 0. The largest absolute Gasteiger partial charge is 0.342 e. The van der Waals surface area contributed by atoms with Gasteiger partial charge in [0, 0.05) is 25.4 Å². The first-order valence-electron chi connectivity index (χ1n) is 5.95. The van der Waals surface area contributed by atoms with E-state index in [1.807, 2.05) is 25.8 Å². The second-order valence-corrected chi connectivity index (χ2v) is 5.32. The average Bonchev–Trinajstić information content (AvgIpc) is 2.31. The van der Waals surface area contributed by atoms with Crippen molar-refractivity contribution < 1.29 is 4.79 Å². The van der Waals surface area contributed by atoms with Crippen LogP contribution in [-0.2, 0) is 4.79 Å². The molecule has 0 aliphatic rings. The number of nitrogens with two attached hydrogens (primary N) is 1. The van der Waals surface area contributed by atoms with Crippen molar-refractivity contribution in [3.05, 3.63) is 0 Å². The maximum absolute atomic E-state index is 12.4. The highest BCUT2D eigenvalue weighted by atomic mass is 32.2. The molecule has 0 aromatic carbocycles. The van der Waals surface area contributed by atoms with Gasteiger partial charge < -0.3 is 10.6 Å². The van der Waals surface area contributed by atoms with Crippen LogP contribution in [0.3, 0.4) is 0 Å². The molecular formula is C12H26N2OS. The average molecular weight is 246 g/mol. The van der Waals surface area contributed by atoms with Crippen molar-refractivity contribution >= 4 is 17.7 Å². The summed E-state index contributed by atoms with van der Waals surface area (Å²) >= 11 is 1.76. The third-order valence-electron chi connectivity index (χ3n) is 3.59. The van der Waals surface area contributed by atoms with E-state index >= 15 is 0 Å². The van der Waals surface area contributed by atoms with Gasteiger partial charge in [-0.1, -0.05) is 13.8 Å². The van der Waals surface area contributed by atoms with Gasteiger partial charge in [-0.15, -0.1) is 0 Å². The Labute approximate surface area is 104 Å². The molecule has 3 nitrogen and oxygen atoms in total. The first-order valence-corrected chi connectivity index (χ1v) is 7.34. The summed E-state index contributed by atoms with van der Waals surface area (Å²) in [4.78, 5) is 14.3. The predicted octanol–water partition coefficient (Wildman–Crippen LogP) is 1.96. The van der Waals surface area contributed by atoms with Gasteiger partial charge in [0.2, 0.25) is 5.91 Å². The van der Waals surface area contributed by atoms with E-state index in [2.05, 4.69) is 13.2 Å². The van der Waals surface area contributed by atoms with Gasteiger partial charge in [-0.25, -0.2) is 0 Å². The Morgan fingerprint density at radius 1 is 1.44 bits per heavy atom. The predicted molar refractivity (Wildman–Crippen MR) is 72.7 cm³/mol. The number of rotatable bonds is 7. The van der Waals surface area contributed by atoms with Crippen LogP contribution in [0.4, 0.5) is 0 Å². The fourth-order valence-electron chi connectivity index (χ4n) is 1.86. The molecule has 0 rings (SSSR count). The van der Waals surface area contributed by atoms with E-state index in [0.29, 0.717) is 6.54 Å². The summed E-state index contributed by atoms with van der Waals surface area (Å²) in [5.41, 5.74) is 5.43. The first-order chi connectivity index (χ1) is 7.48. The Hall–Kier alpha value is -0.220. The van der Waals surface area contributed by atoms with Crippen LogP contribution in [0, 0.1) is 5.41 Å². The third kappa shape index (κ3) is 3.39. The van der Waals surface area contributed by atoms with Crippen molar-refractivity contribution in [3.63, 3.8) is 0 Å². The quantitative estimate of drug-likeness (QED) is 0.747. The first kappa shape index (κ1) is 15.8. The number of carbonyl (C=O) groups is 1. The van der Waals surface area contributed by atoms with Crippen LogP contribution in [0.25, 0.3) is 0 Å². The van der Waals surface area contributed by atoms with Crippen molar-refractivity contribution in [3.8, 4) is 0 Å². The molecule has 0 spiro atoms. The fourth-order valence-corrected chi connectivity index (χ4v) is 2.56. The van der Waals surface area contributed by atoms with Gasteiger partial charge in [-0.2, -0.15) is 11.8 Å². The second kappa shape index (κ2) is 7.17. The third-order valence-corrected chi connectivity index (χ3v) is 4.40. The molecule has 0 fully saturated rings. The van der Waals surface area contributed by atoms with E-state index in [9.17, 15) is 4.79 Å². The number of amides is 1. The van der Waals surface area contributed by atoms with Crippen LogP contribution in [0.2, 0.25) is 0 Å². The number of hydrogen-bond acceptors (Lipinski definition) is 3. The molecule has 2 N–H and O–H groups in total. The minimum atomic E-state index is -0.360. The Balaban J connectivity index is 4.73. The van der Waals surface area contributed by atoms with Crippen LogP contribution in [0.5, 0.6) is 0 Å². The minimum Gasteiger partial charge on any atom is -0.342 e. The number of thioether (sulfide) groups is 1.